The SMILES string of the molecule is Cc1nc(-c2cccs2)sc1-c1ccc(SCCN2CCCCC2)nn1. The Bertz CT molecular complexity index is 821. The van der Waals surface area contributed by atoms with E-state index in [1.165, 1.54) is 37.2 Å². The van der Waals surface area contributed by atoms with Crippen LogP contribution >= 0.6 is 34.4 Å². The van der Waals surface area contributed by atoms with E-state index in [4.69, 9.17) is 4.98 Å². The molecule has 1 fully saturated rings. The first-order chi connectivity index (χ1) is 12.8. The molecule has 1 aliphatic rings. The third-order valence-corrected chi connectivity index (χ3v) is 7.63. The van der Waals surface area contributed by atoms with Gasteiger partial charge >= 0.3 is 0 Å². The van der Waals surface area contributed by atoms with Gasteiger partial charge in [0.25, 0.3) is 0 Å². The van der Waals surface area contributed by atoms with Gasteiger partial charge in [-0.3, -0.25) is 0 Å². The molecular formula is C19H22N4S3. The molecule has 1 aliphatic heterocycles. The Hall–Kier alpha value is -1.28. The van der Waals surface area contributed by atoms with E-state index in [-0.39, 0.29) is 0 Å². The summed E-state index contributed by atoms with van der Waals surface area (Å²) in [6, 6.07) is 8.34. The lowest BCUT2D eigenvalue weighted by Gasteiger charge is -2.25. The standard InChI is InChI=1S/C19H22N4S3/c1-14-18(26-19(20-14)16-6-5-12-24-16)15-7-8-17(22-21-15)25-13-11-23-9-3-2-4-10-23/h5-8,12H,2-4,9-11,13H2,1H3. The highest BCUT2D eigenvalue weighted by Gasteiger charge is 2.14. The molecule has 0 N–H and O–H groups in total. The molecule has 3 aromatic heterocycles. The lowest BCUT2D eigenvalue weighted by atomic mass is 10.1. The number of nitrogens with zero attached hydrogens (tertiary/aromatic N) is 4. The van der Waals surface area contributed by atoms with E-state index in [0.29, 0.717) is 0 Å². The normalized spacial score (nSPS) is 15.4. The van der Waals surface area contributed by atoms with Crippen LogP contribution in [-0.4, -0.2) is 45.5 Å². The topological polar surface area (TPSA) is 41.9 Å². The summed E-state index contributed by atoms with van der Waals surface area (Å²) in [5.74, 6) is 1.08. The number of thioether (sulfide) groups is 1. The van der Waals surface area contributed by atoms with Gasteiger partial charge in [0.15, 0.2) is 0 Å². The molecule has 0 bridgehead atoms. The summed E-state index contributed by atoms with van der Waals surface area (Å²) in [6.07, 6.45) is 4.09. The maximum Gasteiger partial charge on any atom is 0.134 e. The molecule has 0 saturated carbocycles. The third-order valence-electron chi connectivity index (χ3n) is 4.51. The van der Waals surface area contributed by atoms with Crippen molar-refractivity contribution in [1.82, 2.24) is 20.1 Å². The van der Waals surface area contributed by atoms with Crippen LogP contribution in [0.15, 0.2) is 34.7 Å². The maximum atomic E-state index is 4.70. The second-order valence-electron chi connectivity index (χ2n) is 6.42. The molecule has 0 unspecified atom stereocenters. The number of thiophene rings is 1. The number of aromatic nitrogens is 3. The van der Waals surface area contributed by atoms with Gasteiger partial charge in [-0.15, -0.1) is 44.6 Å². The summed E-state index contributed by atoms with van der Waals surface area (Å²) in [5, 5.41) is 13.0. The van der Waals surface area contributed by atoms with E-state index in [0.717, 1.165) is 38.6 Å². The number of hydrogen-bond donors (Lipinski definition) is 0. The molecule has 26 heavy (non-hydrogen) atoms. The van der Waals surface area contributed by atoms with Crippen LogP contribution in [0.4, 0.5) is 0 Å². The van der Waals surface area contributed by atoms with Crippen LogP contribution in [0.3, 0.4) is 0 Å². The number of piperidine rings is 1. The fraction of sp³-hybridized carbons (Fsp3) is 0.421. The van der Waals surface area contributed by atoms with Crippen molar-refractivity contribution in [2.24, 2.45) is 0 Å². The number of thiazole rings is 1. The largest absolute Gasteiger partial charge is 0.303 e. The number of hydrogen-bond acceptors (Lipinski definition) is 7. The van der Waals surface area contributed by atoms with Gasteiger partial charge in [0.1, 0.15) is 15.7 Å². The van der Waals surface area contributed by atoms with Crippen LogP contribution < -0.4 is 0 Å². The van der Waals surface area contributed by atoms with Crippen LogP contribution in [0.25, 0.3) is 20.5 Å². The zero-order valence-electron chi connectivity index (χ0n) is 14.9. The highest BCUT2D eigenvalue weighted by Crippen LogP contribution is 2.36. The third kappa shape index (κ3) is 4.34. The van der Waals surface area contributed by atoms with E-state index in [9.17, 15) is 0 Å². The molecule has 3 aromatic rings. The minimum absolute atomic E-state index is 0.920. The smallest absolute Gasteiger partial charge is 0.134 e. The van der Waals surface area contributed by atoms with E-state index >= 15 is 0 Å². The van der Waals surface area contributed by atoms with Crippen molar-refractivity contribution in [2.75, 3.05) is 25.4 Å². The molecule has 0 amide bonds. The Kier molecular flexibility index (Phi) is 5.99. The zero-order chi connectivity index (χ0) is 17.8. The van der Waals surface area contributed by atoms with Gasteiger partial charge in [-0.05, 0) is 56.4 Å². The lowest BCUT2D eigenvalue weighted by Crippen LogP contribution is -2.31. The van der Waals surface area contributed by atoms with Crippen molar-refractivity contribution in [3.8, 4) is 20.5 Å². The Morgan fingerprint density at radius 2 is 2.00 bits per heavy atom. The molecule has 7 heteroatoms. The van der Waals surface area contributed by atoms with Crippen molar-refractivity contribution in [1.29, 1.82) is 0 Å². The lowest BCUT2D eigenvalue weighted by molar-refractivity contribution is 0.242. The highest BCUT2D eigenvalue weighted by atomic mass is 32.2. The van der Waals surface area contributed by atoms with Crippen LogP contribution in [0.2, 0.25) is 0 Å². The molecule has 4 nitrogen and oxygen atoms in total. The van der Waals surface area contributed by atoms with E-state index in [1.807, 2.05) is 6.92 Å². The molecule has 4 rings (SSSR count). The Balaban J connectivity index is 1.38. The van der Waals surface area contributed by atoms with Crippen LogP contribution in [-0.2, 0) is 0 Å². The van der Waals surface area contributed by atoms with Crippen LogP contribution in [0, 0.1) is 6.92 Å². The molecule has 1 saturated heterocycles. The highest BCUT2D eigenvalue weighted by molar-refractivity contribution is 7.99. The summed E-state index contributed by atoms with van der Waals surface area (Å²) in [4.78, 5) is 9.59. The number of likely N-dealkylation sites (tertiary alicyclic amines) is 1. The fourth-order valence-corrected chi connectivity index (χ4v) is 5.77. The molecule has 0 atom stereocenters. The first-order valence-electron chi connectivity index (χ1n) is 9.00. The fourth-order valence-electron chi connectivity index (χ4n) is 3.12. The van der Waals surface area contributed by atoms with Crippen molar-refractivity contribution >= 4 is 34.4 Å². The molecule has 0 radical (unpaired) electrons. The molecular weight excluding hydrogens is 380 g/mol. The average Bonchev–Trinajstić information content (AvgIpc) is 3.33. The van der Waals surface area contributed by atoms with Crippen LogP contribution in [0.1, 0.15) is 25.0 Å². The first kappa shape index (κ1) is 18.1. The average molecular weight is 403 g/mol. The second-order valence-corrected chi connectivity index (χ2v) is 9.48. The summed E-state index contributed by atoms with van der Waals surface area (Å²) in [5.41, 5.74) is 1.95. The van der Waals surface area contributed by atoms with Crippen molar-refractivity contribution < 1.29 is 0 Å². The van der Waals surface area contributed by atoms with Gasteiger partial charge in [0.05, 0.1) is 15.4 Å². The maximum absolute atomic E-state index is 4.70. The molecule has 4 heterocycles. The molecule has 0 aliphatic carbocycles. The Morgan fingerprint density at radius 1 is 1.12 bits per heavy atom. The first-order valence-corrected chi connectivity index (χ1v) is 11.7. The molecule has 0 spiro atoms. The van der Waals surface area contributed by atoms with Gasteiger partial charge < -0.3 is 4.90 Å². The van der Waals surface area contributed by atoms with Crippen molar-refractivity contribution in [3.63, 3.8) is 0 Å². The van der Waals surface area contributed by atoms with Gasteiger partial charge in [0, 0.05) is 12.3 Å². The quantitative estimate of drug-likeness (QED) is 0.529. The second kappa shape index (κ2) is 8.61. The Morgan fingerprint density at radius 3 is 2.73 bits per heavy atom. The minimum atomic E-state index is 0.920. The van der Waals surface area contributed by atoms with Crippen LogP contribution in [0.5, 0.6) is 0 Å². The summed E-state index contributed by atoms with van der Waals surface area (Å²) < 4.78 is 0. The van der Waals surface area contributed by atoms with Gasteiger partial charge in [0.2, 0.25) is 0 Å². The van der Waals surface area contributed by atoms with E-state index < -0.39 is 0 Å². The molecule has 0 aromatic carbocycles. The molecule has 136 valence electrons. The summed E-state index contributed by atoms with van der Waals surface area (Å²) >= 11 is 5.22. The Labute approximate surface area is 166 Å². The van der Waals surface area contributed by atoms with E-state index in [1.54, 1.807) is 34.4 Å². The van der Waals surface area contributed by atoms with E-state index in [2.05, 4.69) is 44.7 Å². The van der Waals surface area contributed by atoms with Gasteiger partial charge in [-0.2, -0.15) is 0 Å². The van der Waals surface area contributed by atoms with Crippen molar-refractivity contribution in [3.05, 3.63) is 35.3 Å². The number of aryl methyl sites for hydroxylation is 1. The zero-order valence-corrected chi connectivity index (χ0v) is 17.3. The number of rotatable bonds is 6. The monoisotopic (exact) mass is 402 g/mol. The predicted molar refractivity (Wildman–Crippen MR) is 112 cm³/mol. The summed E-state index contributed by atoms with van der Waals surface area (Å²) in [6.45, 7) is 5.70. The van der Waals surface area contributed by atoms with Crippen molar-refractivity contribution in [2.45, 2.75) is 31.2 Å². The van der Waals surface area contributed by atoms with Gasteiger partial charge in [-0.25, -0.2) is 4.98 Å². The minimum Gasteiger partial charge on any atom is -0.303 e. The van der Waals surface area contributed by atoms with Gasteiger partial charge in [-0.1, -0.05) is 12.5 Å². The summed E-state index contributed by atoms with van der Waals surface area (Å²) in [7, 11) is 0. The predicted octanol–water partition coefficient (Wildman–Crippen LogP) is 5.22.